The Balaban J connectivity index is 1.38. The third-order valence-electron chi connectivity index (χ3n) is 4.53. The molecular weight excluding hydrogens is 320 g/mol. The number of phenolic OH excluding ortho intramolecular Hbond substituents is 1. The van der Waals surface area contributed by atoms with Crippen LogP contribution in [0.2, 0.25) is 0 Å². The van der Waals surface area contributed by atoms with E-state index in [-0.39, 0.29) is 11.9 Å². The fourth-order valence-corrected chi connectivity index (χ4v) is 3.11. The van der Waals surface area contributed by atoms with Gasteiger partial charge in [0, 0.05) is 32.1 Å². The van der Waals surface area contributed by atoms with E-state index >= 15 is 0 Å². The van der Waals surface area contributed by atoms with Gasteiger partial charge in [0.05, 0.1) is 6.54 Å². The number of rotatable bonds is 6. The molecule has 0 atom stereocenters. The number of hydrogen-bond acceptors (Lipinski definition) is 6. The first-order chi connectivity index (χ1) is 12.1. The highest BCUT2D eigenvalue weighted by molar-refractivity contribution is 5.76. The summed E-state index contributed by atoms with van der Waals surface area (Å²) in [6, 6.07) is 7.60. The third kappa shape index (κ3) is 4.99. The fraction of sp³-hybridized carbons (Fsp3) is 0.529. The lowest BCUT2D eigenvalue weighted by molar-refractivity contribution is -0.122. The minimum Gasteiger partial charge on any atom is -0.508 e. The number of aromatic nitrogens is 4. The Morgan fingerprint density at radius 1 is 1.36 bits per heavy atom. The Bertz CT molecular complexity index is 709. The summed E-state index contributed by atoms with van der Waals surface area (Å²) >= 11 is 0. The van der Waals surface area contributed by atoms with Gasteiger partial charge < -0.3 is 10.4 Å². The zero-order valence-corrected chi connectivity index (χ0v) is 14.4. The number of benzene rings is 1. The van der Waals surface area contributed by atoms with Crippen molar-refractivity contribution in [2.24, 2.45) is 0 Å². The molecule has 2 N–H and O–H groups in total. The van der Waals surface area contributed by atoms with Gasteiger partial charge in [0.2, 0.25) is 5.91 Å². The van der Waals surface area contributed by atoms with Crippen molar-refractivity contribution >= 4 is 5.91 Å². The lowest BCUT2D eigenvalue weighted by Gasteiger charge is -2.32. The van der Waals surface area contributed by atoms with Crippen LogP contribution in [0.3, 0.4) is 0 Å². The number of hydrogen-bond donors (Lipinski definition) is 2. The van der Waals surface area contributed by atoms with Crippen LogP contribution in [0.25, 0.3) is 0 Å². The Labute approximate surface area is 146 Å². The topological polar surface area (TPSA) is 96.2 Å². The van der Waals surface area contributed by atoms with Crippen LogP contribution >= 0.6 is 0 Å². The van der Waals surface area contributed by atoms with Crippen molar-refractivity contribution in [1.29, 1.82) is 0 Å². The molecule has 2 heterocycles. The number of carbonyl (C=O) groups excluding carboxylic acids is 1. The molecule has 8 heteroatoms. The summed E-state index contributed by atoms with van der Waals surface area (Å²) in [5.41, 5.74) is 1.11. The molecule has 1 aliphatic rings. The van der Waals surface area contributed by atoms with E-state index in [4.69, 9.17) is 0 Å². The number of tetrazole rings is 1. The van der Waals surface area contributed by atoms with Crippen LogP contribution in [-0.4, -0.2) is 55.3 Å². The molecule has 1 aromatic carbocycles. The molecule has 0 bridgehead atoms. The summed E-state index contributed by atoms with van der Waals surface area (Å²) < 4.78 is 1.64. The van der Waals surface area contributed by atoms with Gasteiger partial charge in [-0.25, -0.2) is 4.68 Å². The van der Waals surface area contributed by atoms with E-state index < -0.39 is 0 Å². The SMILES string of the molecule is Cc1nnnn1CCC(=O)NC1CCN(Cc2cccc(O)c2)CC1. The molecule has 1 amide bonds. The second-order valence-corrected chi connectivity index (χ2v) is 6.49. The summed E-state index contributed by atoms with van der Waals surface area (Å²) in [5, 5.41) is 23.9. The molecule has 0 spiro atoms. The molecule has 1 aliphatic heterocycles. The molecule has 0 unspecified atom stereocenters. The Morgan fingerprint density at radius 3 is 2.84 bits per heavy atom. The maximum atomic E-state index is 12.1. The van der Waals surface area contributed by atoms with Crippen LogP contribution in [-0.2, 0) is 17.9 Å². The zero-order valence-electron chi connectivity index (χ0n) is 14.4. The third-order valence-corrected chi connectivity index (χ3v) is 4.53. The van der Waals surface area contributed by atoms with Gasteiger partial charge in [-0.3, -0.25) is 9.69 Å². The monoisotopic (exact) mass is 344 g/mol. The van der Waals surface area contributed by atoms with Gasteiger partial charge in [0.1, 0.15) is 11.6 Å². The minimum absolute atomic E-state index is 0.0429. The van der Waals surface area contributed by atoms with E-state index in [0.29, 0.717) is 24.5 Å². The normalized spacial score (nSPS) is 16.0. The first-order valence-electron chi connectivity index (χ1n) is 8.62. The van der Waals surface area contributed by atoms with Crippen molar-refractivity contribution in [1.82, 2.24) is 30.4 Å². The average Bonchev–Trinajstić information content (AvgIpc) is 3.00. The largest absolute Gasteiger partial charge is 0.508 e. The molecule has 134 valence electrons. The van der Waals surface area contributed by atoms with E-state index in [1.54, 1.807) is 16.8 Å². The highest BCUT2D eigenvalue weighted by atomic mass is 16.3. The predicted molar refractivity (Wildman–Crippen MR) is 91.7 cm³/mol. The minimum atomic E-state index is 0.0429. The van der Waals surface area contributed by atoms with Gasteiger partial charge in [-0.1, -0.05) is 12.1 Å². The average molecular weight is 344 g/mol. The van der Waals surface area contributed by atoms with Gasteiger partial charge >= 0.3 is 0 Å². The standard InChI is InChI=1S/C17H24N6O2/c1-13-19-20-21-23(13)10-7-17(25)18-15-5-8-22(9-6-15)12-14-3-2-4-16(24)11-14/h2-4,11,15,24H,5-10,12H2,1H3,(H,18,25). The lowest BCUT2D eigenvalue weighted by Crippen LogP contribution is -2.44. The lowest BCUT2D eigenvalue weighted by atomic mass is 10.0. The van der Waals surface area contributed by atoms with Crippen LogP contribution in [0.4, 0.5) is 0 Å². The number of nitrogens with zero attached hydrogens (tertiary/aromatic N) is 5. The van der Waals surface area contributed by atoms with Crippen molar-refractivity contribution in [3.8, 4) is 5.75 Å². The Kier molecular flexibility index (Phi) is 5.60. The van der Waals surface area contributed by atoms with Gasteiger partial charge in [0.15, 0.2) is 0 Å². The number of nitrogens with one attached hydrogen (secondary N) is 1. The number of aromatic hydroxyl groups is 1. The quantitative estimate of drug-likeness (QED) is 0.807. The number of likely N-dealkylation sites (tertiary alicyclic amines) is 1. The predicted octanol–water partition coefficient (Wildman–Crippen LogP) is 0.858. The zero-order chi connectivity index (χ0) is 17.6. The molecule has 0 radical (unpaired) electrons. The molecule has 1 aromatic heterocycles. The van der Waals surface area contributed by atoms with Crippen LogP contribution in [0, 0.1) is 6.92 Å². The highest BCUT2D eigenvalue weighted by Crippen LogP contribution is 2.17. The molecule has 2 aromatic rings. The van der Waals surface area contributed by atoms with Crippen LogP contribution in [0.15, 0.2) is 24.3 Å². The number of aryl methyl sites for hydroxylation is 2. The van der Waals surface area contributed by atoms with Gasteiger partial charge in [-0.05, 0) is 47.9 Å². The maximum Gasteiger partial charge on any atom is 0.222 e. The Morgan fingerprint density at radius 2 is 2.16 bits per heavy atom. The van der Waals surface area contributed by atoms with Crippen molar-refractivity contribution in [2.45, 2.75) is 45.3 Å². The fourth-order valence-electron chi connectivity index (χ4n) is 3.11. The summed E-state index contributed by atoms with van der Waals surface area (Å²) in [7, 11) is 0. The molecule has 3 rings (SSSR count). The van der Waals surface area contributed by atoms with E-state index in [0.717, 1.165) is 38.0 Å². The molecule has 0 saturated carbocycles. The first kappa shape index (κ1) is 17.3. The van der Waals surface area contributed by atoms with E-state index in [1.165, 1.54) is 0 Å². The molecular formula is C17H24N6O2. The van der Waals surface area contributed by atoms with Gasteiger partial charge in [-0.2, -0.15) is 0 Å². The number of piperidine rings is 1. The van der Waals surface area contributed by atoms with Gasteiger partial charge in [0.25, 0.3) is 0 Å². The summed E-state index contributed by atoms with van der Waals surface area (Å²) in [6.45, 7) is 5.02. The smallest absolute Gasteiger partial charge is 0.222 e. The molecule has 1 fully saturated rings. The second-order valence-electron chi connectivity index (χ2n) is 6.49. The number of phenols is 1. The van der Waals surface area contributed by atoms with Crippen molar-refractivity contribution < 1.29 is 9.90 Å². The Hall–Kier alpha value is -2.48. The highest BCUT2D eigenvalue weighted by Gasteiger charge is 2.20. The van der Waals surface area contributed by atoms with E-state index in [9.17, 15) is 9.90 Å². The van der Waals surface area contributed by atoms with Crippen molar-refractivity contribution in [3.05, 3.63) is 35.7 Å². The maximum absolute atomic E-state index is 12.1. The van der Waals surface area contributed by atoms with Crippen LogP contribution in [0.5, 0.6) is 5.75 Å². The molecule has 25 heavy (non-hydrogen) atoms. The van der Waals surface area contributed by atoms with E-state index in [1.807, 2.05) is 19.1 Å². The first-order valence-corrected chi connectivity index (χ1v) is 8.62. The molecule has 0 aliphatic carbocycles. The summed E-state index contributed by atoms with van der Waals surface area (Å²) in [4.78, 5) is 14.4. The van der Waals surface area contributed by atoms with Crippen molar-refractivity contribution in [3.63, 3.8) is 0 Å². The van der Waals surface area contributed by atoms with E-state index in [2.05, 4.69) is 25.7 Å². The van der Waals surface area contributed by atoms with Crippen LogP contribution < -0.4 is 5.32 Å². The number of amides is 1. The van der Waals surface area contributed by atoms with Crippen LogP contribution in [0.1, 0.15) is 30.7 Å². The van der Waals surface area contributed by atoms with Crippen molar-refractivity contribution in [2.75, 3.05) is 13.1 Å². The second kappa shape index (κ2) is 8.06. The molecule has 8 nitrogen and oxygen atoms in total. The summed E-state index contributed by atoms with van der Waals surface area (Å²) in [6.07, 6.45) is 2.26. The van der Waals surface area contributed by atoms with Gasteiger partial charge in [-0.15, -0.1) is 5.10 Å². The number of carbonyl (C=O) groups is 1. The summed E-state index contributed by atoms with van der Waals surface area (Å²) in [5.74, 6) is 1.06. The molecule has 1 saturated heterocycles.